The van der Waals surface area contributed by atoms with Crippen LogP contribution in [-0.2, 0) is 5.41 Å². The first-order valence-electron chi connectivity index (χ1n) is 8.20. The lowest BCUT2D eigenvalue weighted by atomic mass is 9.49. The van der Waals surface area contributed by atoms with Crippen molar-refractivity contribution >= 4 is 11.8 Å². The highest BCUT2D eigenvalue weighted by atomic mass is 32.2. The molecule has 1 heterocycles. The molecule has 6 heteroatoms. The Labute approximate surface area is 129 Å². The number of nitrogens with two attached hydrogens (primary N) is 1. The molecule has 4 aliphatic carbocycles. The molecule has 5 rings (SSSR count). The number of nitrogens with one attached hydrogen (secondary N) is 1. The number of nitrogens with zero attached hydrogens (tertiary/aromatic N) is 2. The smallest absolute Gasteiger partial charge is 0.358 e. The number of aromatic amines is 1. The second kappa shape index (κ2) is 5.16. The Kier molecular flexibility index (Phi) is 3.41. The average Bonchev–Trinajstić information content (AvgIpc) is 2.80. The number of thioether (sulfide) groups is 1. The lowest BCUT2D eigenvalue weighted by Crippen LogP contribution is -2.58. The monoisotopic (exact) mass is 309 g/mol. The predicted molar refractivity (Wildman–Crippen MR) is 81.2 cm³/mol. The zero-order valence-electron chi connectivity index (χ0n) is 12.4. The number of hydrogen-bond donors (Lipinski definition) is 3. The fraction of sp³-hybridized carbons (Fsp3) is 0.867. The van der Waals surface area contributed by atoms with Crippen molar-refractivity contribution in [2.45, 2.75) is 55.5 Å². The zero-order chi connectivity index (χ0) is 14.4. The molecule has 4 fully saturated rings. The summed E-state index contributed by atoms with van der Waals surface area (Å²) in [7, 11) is 0. The highest BCUT2D eigenvalue weighted by molar-refractivity contribution is 7.99. The summed E-state index contributed by atoms with van der Waals surface area (Å²) >= 11 is 1.63. The van der Waals surface area contributed by atoms with Crippen molar-refractivity contribution in [3.05, 3.63) is 5.82 Å². The summed E-state index contributed by atoms with van der Waals surface area (Å²) in [5.74, 6) is 11.1. The minimum Gasteiger partial charge on any atom is -0.396 e. The van der Waals surface area contributed by atoms with Crippen LogP contribution in [0.3, 0.4) is 0 Å². The van der Waals surface area contributed by atoms with Gasteiger partial charge in [-0.3, -0.25) is 5.84 Å². The Morgan fingerprint density at radius 1 is 1.24 bits per heavy atom. The molecule has 4 saturated carbocycles. The normalized spacial score (nSPS) is 37.3. The summed E-state index contributed by atoms with van der Waals surface area (Å²) in [5, 5.41) is 17.5. The fourth-order valence-electron chi connectivity index (χ4n) is 5.41. The Hall–Kier alpha value is -0.750. The van der Waals surface area contributed by atoms with Gasteiger partial charge in [0.05, 0.1) is 10.5 Å². The molecule has 4 aliphatic rings. The van der Waals surface area contributed by atoms with Crippen molar-refractivity contribution in [1.29, 1.82) is 0 Å². The van der Waals surface area contributed by atoms with E-state index in [1.165, 1.54) is 38.5 Å². The Balaban J connectivity index is 1.59. The van der Waals surface area contributed by atoms with E-state index in [4.69, 9.17) is 10.9 Å². The van der Waals surface area contributed by atoms with E-state index in [-0.39, 0.29) is 12.0 Å². The Morgan fingerprint density at radius 2 is 1.86 bits per heavy atom. The molecule has 0 saturated heterocycles. The second-order valence-electron chi connectivity index (χ2n) is 7.35. The van der Waals surface area contributed by atoms with Crippen LogP contribution in [0.4, 0.5) is 0 Å². The van der Waals surface area contributed by atoms with Gasteiger partial charge in [0.15, 0.2) is 0 Å². The molecule has 1 aromatic heterocycles. The van der Waals surface area contributed by atoms with E-state index in [9.17, 15) is 0 Å². The first-order chi connectivity index (χ1) is 10.2. The molecule has 5 nitrogen and oxygen atoms in total. The van der Waals surface area contributed by atoms with Crippen LogP contribution in [-0.4, -0.2) is 27.7 Å². The van der Waals surface area contributed by atoms with Crippen LogP contribution < -0.4 is 10.5 Å². The molecule has 116 valence electrons. The third kappa shape index (κ3) is 2.27. The third-order valence-corrected chi connectivity index (χ3v) is 6.82. The first-order valence-corrected chi connectivity index (χ1v) is 9.18. The Morgan fingerprint density at radius 3 is 2.43 bits per heavy atom. The molecule has 0 unspecified atom stereocenters. The van der Waals surface area contributed by atoms with E-state index in [1.54, 1.807) is 16.4 Å². The predicted octanol–water partition coefficient (Wildman–Crippen LogP) is 1.35. The summed E-state index contributed by atoms with van der Waals surface area (Å²) in [6.07, 6.45) is 8.98. The van der Waals surface area contributed by atoms with Gasteiger partial charge in [-0.05, 0) is 74.5 Å². The van der Waals surface area contributed by atoms with Crippen molar-refractivity contribution < 1.29 is 9.78 Å². The van der Waals surface area contributed by atoms with Crippen molar-refractivity contribution in [2.24, 2.45) is 17.8 Å². The van der Waals surface area contributed by atoms with Crippen LogP contribution in [0.1, 0.15) is 50.8 Å². The largest absolute Gasteiger partial charge is 0.396 e. The lowest BCUT2D eigenvalue weighted by Gasteiger charge is -2.54. The summed E-state index contributed by atoms with van der Waals surface area (Å²) in [6.45, 7) is 0.226. The summed E-state index contributed by atoms with van der Waals surface area (Å²) in [5.41, 5.74) is 0.256. The summed E-state index contributed by atoms with van der Waals surface area (Å²) < 4.78 is 1.80. The van der Waals surface area contributed by atoms with E-state index in [2.05, 4.69) is 10.2 Å². The maximum Gasteiger partial charge on any atom is 0.358 e. The molecular formula is C15H25N4OS+. The molecule has 4 N–H and O–H groups in total. The molecule has 4 bridgehead atoms. The molecule has 0 aliphatic heterocycles. The number of nitrogen functional groups attached to an aromatic ring is 1. The number of aliphatic hydroxyl groups is 1. The van der Waals surface area contributed by atoms with Gasteiger partial charge in [-0.25, -0.2) is 0 Å². The Bertz CT molecular complexity index is 494. The molecule has 0 amide bonds. The maximum absolute atomic E-state index is 8.89. The molecule has 0 aromatic carbocycles. The van der Waals surface area contributed by atoms with Crippen LogP contribution in [0.15, 0.2) is 5.16 Å². The topological polar surface area (TPSA) is 78.8 Å². The van der Waals surface area contributed by atoms with E-state index in [1.807, 2.05) is 0 Å². The van der Waals surface area contributed by atoms with Crippen molar-refractivity contribution in [3.8, 4) is 0 Å². The van der Waals surface area contributed by atoms with Crippen LogP contribution in [0, 0.1) is 17.8 Å². The quantitative estimate of drug-likeness (QED) is 0.332. The highest BCUT2D eigenvalue weighted by Crippen LogP contribution is 2.59. The van der Waals surface area contributed by atoms with Gasteiger partial charge in [0.1, 0.15) is 0 Å². The van der Waals surface area contributed by atoms with Gasteiger partial charge in [0, 0.05) is 12.4 Å². The summed E-state index contributed by atoms with van der Waals surface area (Å²) in [4.78, 5) is 0. The minimum absolute atomic E-state index is 0.226. The van der Waals surface area contributed by atoms with Gasteiger partial charge < -0.3 is 5.11 Å². The van der Waals surface area contributed by atoms with E-state index >= 15 is 0 Å². The summed E-state index contributed by atoms with van der Waals surface area (Å²) in [6, 6.07) is 0. The van der Waals surface area contributed by atoms with Crippen LogP contribution in [0.2, 0.25) is 0 Å². The fourth-order valence-corrected chi connectivity index (χ4v) is 6.21. The van der Waals surface area contributed by atoms with Gasteiger partial charge >= 0.3 is 5.16 Å². The molecule has 0 atom stereocenters. The molecule has 0 radical (unpaired) electrons. The van der Waals surface area contributed by atoms with Gasteiger partial charge in [0.2, 0.25) is 0 Å². The average molecular weight is 309 g/mol. The number of aromatic nitrogens is 3. The maximum atomic E-state index is 8.89. The van der Waals surface area contributed by atoms with Crippen molar-refractivity contribution in [1.82, 2.24) is 10.2 Å². The lowest BCUT2D eigenvalue weighted by molar-refractivity contribution is -0.690. The van der Waals surface area contributed by atoms with E-state index in [0.29, 0.717) is 0 Å². The standard InChI is InChI=1S/C15H24N4OS/c16-19-13(17-18-14(19)21-3-1-2-20)15-7-10-4-11(8-15)6-12(5-10)9-15/h10-12,20H,1-9,16H2/p+1. The third-order valence-electron chi connectivity index (χ3n) is 5.78. The van der Waals surface area contributed by atoms with Gasteiger partial charge in [-0.15, -0.1) is 9.77 Å². The zero-order valence-corrected chi connectivity index (χ0v) is 13.2. The number of hydrogen-bond acceptors (Lipinski definition) is 4. The number of aliphatic hydroxyl groups excluding tert-OH is 1. The van der Waals surface area contributed by atoms with Crippen molar-refractivity contribution in [2.75, 3.05) is 18.2 Å². The molecule has 0 spiro atoms. The molecular weight excluding hydrogens is 284 g/mol. The van der Waals surface area contributed by atoms with Crippen LogP contribution >= 0.6 is 11.8 Å². The highest BCUT2D eigenvalue weighted by Gasteiger charge is 2.55. The van der Waals surface area contributed by atoms with Gasteiger partial charge in [0.25, 0.3) is 5.82 Å². The van der Waals surface area contributed by atoms with E-state index < -0.39 is 0 Å². The molecule has 21 heavy (non-hydrogen) atoms. The number of H-pyrrole nitrogens is 1. The SMILES string of the molecule is N[n+]1c(SCCCO)n[nH]c1C12CC3CC(CC(C3)C1)C2. The van der Waals surface area contributed by atoms with Gasteiger partial charge in [-0.1, -0.05) is 0 Å². The van der Waals surface area contributed by atoms with Gasteiger partial charge in [-0.2, -0.15) is 0 Å². The van der Waals surface area contributed by atoms with Crippen LogP contribution in [0.25, 0.3) is 0 Å². The van der Waals surface area contributed by atoms with E-state index in [0.717, 1.165) is 40.9 Å². The second-order valence-corrected chi connectivity index (χ2v) is 8.41. The minimum atomic E-state index is 0.226. The molecule has 1 aromatic rings. The number of rotatable bonds is 5. The van der Waals surface area contributed by atoms with Crippen LogP contribution in [0.5, 0.6) is 0 Å². The van der Waals surface area contributed by atoms with Crippen molar-refractivity contribution in [3.63, 3.8) is 0 Å². The first kappa shape index (κ1) is 13.9.